The summed E-state index contributed by atoms with van der Waals surface area (Å²) in [6.45, 7) is 8.89. The molecule has 0 aliphatic carbocycles. The van der Waals surface area contributed by atoms with E-state index >= 15 is 0 Å². The SMILES string of the molecule is Cc1noc(C(C)C)c1C(=O)N1CCc2cc(N3CCCC3)ccc21. The van der Waals surface area contributed by atoms with Crippen molar-refractivity contribution in [1.82, 2.24) is 5.16 Å². The normalized spacial score (nSPS) is 16.8. The predicted octanol–water partition coefficient (Wildman–Crippen LogP) is 3.91. The Bertz CT molecular complexity index is 803. The van der Waals surface area contributed by atoms with Crippen LogP contribution in [0.2, 0.25) is 0 Å². The lowest BCUT2D eigenvalue weighted by atomic mass is 10.0. The Morgan fingerprint density at radius 2 is 1.96 bits per heavy atom. The van der Waals surface area contributed by atoms with Crippen molar-refractivity contribution in [2.24, 2.45) is 0 Å². The molecule has 1 aromatic carbocycles. The van der Waals surface area contributed by atoms with Gasteiger partial charge in [-0.2, -0.15) is 0 Å². The van der Waals surface area contributed by atoms with Gasteiger partial charge in [-0.25, -0.2) is 0 Å². The first-order chi connectivity index (χ1) is 12.1. The maximum Gasteiger partial charge on any atom is 0.263 e. The minimum Gasteiger partial charge on any atom is -0.372 e. The highest BCUT2D eigenvalue weighted by atomic mass is 16.5. The van der Waals surface area contributed by atoms with Gasteiger partial charge in [-0.1, -0.05) is 19.0 Å². The van der Waals surface area contributed by atoms with E-state index in [1.165, 1.54) is 24.1 Å². The summed E-state index contributed by atoms with van der Waals surface area (Å²) in [5.41, 5.74) is 4.89. The van der Waals surface area contributed by atoms with Crippen LogP contribution in [-0.4, -0.2) is 30.7 Å². The molecule has 4 rings (SSSR count). The molecule has 0 bridgehead atoms. The second-order valence-electron chi connectivity index (χ2n) is 7.38. The first-order valence-electron chi connectivity index (χ1n) is 9.22. The van der Waals surface area contributed by atoms with Crippen LogP contribution >= 0.6 is 0 Å². The number of carbonyl (C=O) groups is 1. The summed E-state index contributed by atoms with van der Waals surface area (Å²) < 4.78 is 5.41. The average molecular weight is 339 g/mol. The molecule has 0 spiro atoms. The van der Waals surface area contributed by atoms with E-state index in [1.807, 2.05) is 25.7 Å². The van der Waals surface area contributed by atoms with E-state index in [1.54, 1.807) is 0 Å². The lowest BCUT2D eigenvalue weighted by Crippen LogP contribution is -2.30. The van der Waals surface area contributed by atoms with Crippen molar-refractivity contribution in [3.05, 3.63) is 40.8 Å². The Morgan fingerprint density at radius 3 is 2.68 bits per heavy atom. The minimum atomic E-state index is 0.00937. The van der Waals surface area contributed by atoms with Crippen molar-refractivity contribution in [3.8, 4) is 0 Å². The molecule has 0 unspecified atom stereocenters. The van der Waals surface area contributed by atoms with E-state index in [9.17, 15) is 4.79 Å². The second-order valence-corrected chi connectivity index (χ2v) is 7.38. The smallest absolute Gasteiger partial charge is 0.263 e. The zero-order valence-corrected chi connectivity index (χ0v) is 15.2. The zero-order chi connectivity index (χ0) is 17.6. The van der Waals surface area contributed by atoms with Gasteiger partial charge in [0, 0.05) is 36.9 Å². The Balaban J connectivity index is 1.64. The van der Waals surface area contributed by atoms with Gasteiger partial charge in [-0.3, -0.25) is 4.79 Å². The number of hydrogen-bond acceptors (Lipinski definition) is 4. The van der Waals surface area contributed by atoms with Gasteiger partial charge < -0.3 is 14.3 Å². The van der Waals surface area contributed by atoms with E-state index in [2.05, 4.69) is 28.3 Å². The number of hydrogen-bond donors (Lipinski definition) is 0. The van der Waals surface area contributed by atoms with Crippen molar-refractivity contribution in [3.63, 3.8) is 0 Å². The highest BCUT2D eigenvalue weighted by Crippen LogP contribution is 2.35. The topological polar surface area (TPSA) is 49.6 Å². The van der Waals surface area contributed by atoms with Gasteiger partial charge in [0.15, 0.2) is 5.76 Å². The number of fused-ring (bicyclic) bond motifs is 1. The van der Waals surface area contributed by atoms with Crippen molar-refractivity contribution < 1.29 is 9.32 Å². The predicted molar refractivity (Wildman–Crippen MR) is 98.6 cm³/mol. The zero-order valence-electron chi connectivity index (χ0n) is 15.2. The van der Waals surface area contributed by atoms with Crippen LogP contribution in [0.4, 0.5) is 11.4 Å². The maximum atomic E-state index is 13.2. The molecule has 2 aliphatic rings. The van der Waals surface area contributed by atoms with Crippen molar-refractivity contribution >= 4 is 17.3 Å². The van der Waals surface area contributed by atoms with E-state index in [0.29, 0.717) is 17.0 Å². The number of anilines is 2. The summed E-state index contributed by atoms with van der Waals surface area (Å²) in [5.74, 6) is 0.833. The van der Waals surface area contributed by atoms with Gasteiger partial charge in [-0.15, -0.1) is 0 Å². The molecule has 5 nitrogen and oxygen atoms in total. The fourth-order valence-corrected chi connectivity index (χ4v) is 3.95. The lowest BCUT2D eigenvalue weighted by molar-refractivity contribution is 0.0986. The standard InChI is InChI=1S/C20H25N3O2/c1-13(2)19-18(14(3)21-25-19)20(24)23-11-8-15-12-16(6-7-17(15)23)22-9-4-5-10-22/h6-7,12-13H,4-5,8-11H2,1-3H3. The quantitative estimate of drug-likeness (QED) is 0.851. The van der Waals surface area contributed by atoms with Crippen LogP contribution in [0.15, 0.2) is 22.7 Å². The second kappa shape index (κ2) is 6.21. The minimum absolute atomic E-state index is 0.00937. The van der Waals surface area contributed by atoms with Gasteiger partial charge in [0.2, 0.25) is 0 Å². The molecular weight excluding hydrogens is 314 g/mol. The summed E-state index contributed by atoms with van der Waals surface area (Å²) in [5, 5.41) is 4.02. The number of rotatable bonds is 3. The molecule has 0 radical (unpaired) electrons. The maximum absolute atomic E-state index is 13.2. The summed E-state index contributed by atoms with van der Waals surface area (Å²) >= 11 is 0. The third kappa shape index (κ3) is 2.71. The largest absolute Gasteiger partial charge is 0.372 e. The molecule has 0 N–H and O–H groups in total. The summed E-state index contributed by atoms with van der Waals surface area (Å²) in [6, 6.07) is 6.52. The molecule has 2 aliphatic heterocycles. The molecule has 0 saturated carbocycles. The molecule has 1 fully saturated rings. The first kappa shape index (κ1) is 16.2. The number of benzene rings is 1. The van der Waals surface area contributed by atoms with E-state index < -0.39 is 0 Å². The first-order valence-corrected chi connectivity index (χ1v) is 9.22. The Hall–Kier alpha value is -2.30. The molecule has 25 heavy (non-hydrogen) atoms. The monoisotopic (exact) mass is 339 g/mol. The molecule has 1 saturated heterocycles. The fraction of sp³-hybridized carbons (Fsp3) is 0.500. The molecule has 2 aromatic rings. The molecule has 132 valence electrons. The average Bonchev–Trinajstić information content (AvgIpc) is 3.32. The van der Waals surface area contributed by atoms with Crippen molar-refractivity contribution in [2.45, 2.75) is 46.0 Å². The molecule has 5 heteroatoms. The number of nitrogens with zero attached hydrogens (tertiary/aromatic N) is 3. The summed E-state index contributed by atoms with van der Waals surface area (Å²) in [6.07, 6.45) is 3.45. The van der Waals surface area contributed by atoms with Crippen molar-refractivity contribution in [1.29, 1.82) is 0 Å². The Kier molecular flexibility index (Phi) is 4.02. The molecule has 1 aromatic heterocycles. The lowest BCUT2D eigenvalue weighted by Gasteiger charge is -2.21. The van der Waals surface area contributed by atoms with Crippen molar-refractivity contribution in [2.75, 3.05) is 29.4 Å². The Labute approximate surface area is 148 Å². The molecule has 0 atom stereocenters. The number of amides is 1. The van der Waals surface area contributed by atoms with E-state index in [-0.39, 0.29) is 11.8 Å². The summed E-state index contributed by atoms with van der Waals surface area (Å²) in [7, 11) is 0. The van der Waals surface area contributed by atoms with Crippen LogP contribution in [-0.2, 0) is 6.42 Å². The molecule has 1 amide bonds. The third-order valence-corrected chi connectivity index (χ3v) is 5.30. The van der Waals surface area contributed by atoms with Gasteiger partial charge in [0.05, 0.1) is 5.69 Å². The highest BCUT2D eigenvalue weighted by Gasteiger charge is 2.31. The van der Waals surface area contributed by atoms with Gasteiger partial charge >= 0.3 is 0 Å². The number of carbonyl (C=O) groups excluding carboxylic acids is 1. The molecule has 3 heterocycles. The number of aromatic nitrogens is 1. The van der Waals surface area contributed by atoms with Gasteiger partial charge in [0.1, 0.15) is 5.56 Å². The highest BCUT2D eigenvalue weighted by molar-refractivity contribution is 6.08. The Morgan fingerprint density at radius 1 is 1.20 bits per heavy atom. The summed E-state index contributed by atoms with van der Waals surface area (Å²) in [4.78, 5) is 17.5. The third-order valence-electron chi connectivity index (χ3n) is 5.30. The van der Waals surface area contributed by atoms with Crippen LogP contribution in [0.5, 0.6) is 0 Å². The van der Waals surface area contributed by atoms with E-state index in [0.717, 1.165) is 31.7 Å². The van der Waals surface area contributed by atoms with Gasteiger partial charge in [-0.05, 0) is 49.9 Å². The van der Waals surface area contributed by atoms with Crippen LogP contribution in [0.25, 0.3) is 0 Å². The van der Waals surface area contributed by atoms with Crippen LogP contribution in [0.3, 0.4) is 0 Å². The van der Waals surface area contributed by atoms with Crippen LogP contribution in [0, 0.1) is 6.92 Å². The fourth-order valence-electron chi connectivity index (χ4n) is 3.95. The number of aryl methyl sites for hydroxylation is 1. The van der Waals surface area contributed by atoms with E-state index in [4.69, 9.17) is 4.52 Å². The van der Waals surface area contributed by atoms with Gasteiger partial charge in [0.25, 0.3) is 5.91 Å². The van der Waals surface area contributed by atoms with Crippen LogP contribution < -0.4 is 9.80 Å². The molecular formula is C20H25N3O2. The van der Waals surface area contributed by atoms with Crippen LogP contribution in [0.1, 0.15) is 60.0 Å².